The summed E-state index contributed by atoms with van der Waals surface area (Å²) in [5.74, 6) is -0.587. The Morgan fingerprint density at radius 3 is 2.16 bits per heavy atom. The molecule has 0 atom stereocenters. The Balaban J connectivity index is 1.55. The second-order valence-electron chi connectivity index (χ2n) is 6.76. The number of benzene rings is 2. The van der Waals surface area contributed by atoms with Gasteiger partial charge in [-0.1, -0.05) is 23.6 Å². The zero-order chi connectivity index (χ0) is 23.4. The second kappa shape index (κ2) is 9.80. The minimum Gasteiger partial charge on any atom is -0.403 e. The van der Waals surface area contributed by atoms with E-state index in [0.29, 0.717) is 10.6 Å². The van der Waals surface area contributed by atoms with Crippen LogP contribution in [-0.2, 0) is 24.5 Å². The highest BCUT2D eigenvalue weighted by Gasteiger charge is 2.17. The van der Waals surface area contributed by atoms with Crippen LogP contribution in [0.3, 0.4) is 0 Å². The lowest BCUT2D eigenvalue weighted by Gasteiger charge is -2.04. The molecular formula is C20H20ClN3O6S2. The number of nitrogens with one attached hydrogen (secondary N) is 1. The fourth-order valence-electron chi connectivity index (χ4n) is 2.73. The highest BCUT2D eigenvalue weighted by Crippen LogP contribution is 2.22. The predicted octanol–water partition coefficient (Wildman–Crippen LogP) is 3.38. The molecule has 9 nitrogen and oxygen atoms in total. The van der Waals surface area contributed by atoms with Crippen molar-refractivity contribution >= 4 is 43.2 Å². The number of amides is 1. The van der Waals surface area contributed by atoms with Gasteiger partial charge in [0.05, 0.1) is 21.3 Å². The number of hydrogen-bond donors (Lipinski definition) is 1. The van der Waals surface area contributed by atoms with Crippen molar-refractivity contribution < 1.29 is 26.0 Å². The first kappa shape index (κ1) is 23.9. The maximum Gasteiger partial charge on any atom is 0.322 e. The van der Waals surface area contributed by atoms with E-state index in [2.05, 4.69) is 15.5 Å². The average molecular weight is 498 g/mol. The molecule has 170 valence electrons. The molecule has 1 N–H and O–H groups in total. The van der Waals surface area contributed by atoms with E-state index in [-0.39, 0.29) is 46.0 Å². The first-order valence-electron chi connectivity index (χ1n) is 9.55. The number of anilines is 1. The van der Waals surface area contributed by atoms with Gasteiger partial charge in [0.15, 0.2) is 19.7 Å². The number of halogens is 1. The Morgan fingerprint density at radius 2 is 1.53 bits per heavy atom. The molecule has 3 aromatic rings. The maximum absolute atomic E-state index is 12.3. The van der Waals surface area contributed by atoms with Gasteiger partial charge in [-0.3, -0.25) is 10.1 Å². The maximum atomic E-state index is 12.3. The Morgan fingerprint density at radius 1 is 0.938 bits per heavy atom. The van der Waals surface area contributed by atoms with Crippen molar-refractivity contribution in [2.24, 2.45) is 0 Å². The molecule has 3 rings (SSSR count). The van der Waals surface area contributed by atoms with Gasteiger partial charge in [-0.05, 0) is 55.0 Å². The molecular weight excluding hydrogens is 478 g/mol. The van der Waals surface area contributed by atoms with Crippen LogP contribution in [0.4, 0.5) is 6.01 Å². The molecule has 0 fully saturated rings. The molecule has 0 radical (unpaired) electrons. The van der Waals surface area contributed by atoms with Gasteiger partial charge in [0, 0.05) is 17.0 Å². The van der Waals surface area contributed by atoms with Crippen molar-refractivity contribution in [1.29, 1.82) is 0 Å². The van der Waals surface area contributed by atoms with E-state index in [1.54, 1.807) is 6.92 Å². The fourth-order valence-corrected chi connectivity index (χ4v) is 5.05. The molecule has 2 aromatic carbocycles. The highest BCUT2D eigenvalue weighted by atomic mass is 35.5. The van der Waals surface area contributed by atoms with Crippen molar-refractivity contribution in [3.05, 3.63) is 53.6 Å². The van der Waals surface area contributed by atoms with Crippen LogP contribution in [0.2, 0.25) is 5.02 Å². The summed E-state index contributed by atoms with van der Waals surface area (Å²) in [4.78, 5) is 12.4. The van der Waals surface area contributed by atoms with Crippen LogP contribution >= 0.6 is 11.6 Å². The number of hydrogen-bond acceptors (Lipinski definition) is 8. The lowest BCUT2D eigenvalue weighted by Crippen LogP contribution is -2.14. The lowest BCUT2D eigenvalue weighted by molar-refractivity contribution is -0.116. The molecule has 1 heterocycles. The summed E-state index contributed by atoms with van der Waals surface area (Å²) in [6.45, 7) is 1.56. The minimum absolute atomic E-state index is 0.00984. The lowest BCUT2D eigenvalue weighted by atomic mass is 10.2. The standard InChI is InChI=1S/C20H20ClN3O6S2/c1-2-31(26,27)16-9-5-14(6-10-16)19-23-24-20(30-19)22-18(25)4-3-13-32(28,29)17-11-7-15(21)8-12-17/h5-12H,2-4,13H2,1H3,(H,22,24,25). The third-order valence-electron chi connectivity index (χ3n) is 4.50. The Hall–Kier alpha value is -2.76. The van der Waals surface area contributed by atoms with E-state index in [0.717, 1.165) is 0 Å². The molecule has 0 saturated heterocycles. The Kier molecular flexibility index (Phi) is 7.32. The van der Waals surface area contributed by atoms with E-state index in [1.165, 1.54) is 48.5 Å². The van der Waals surface area contributed by atoms with Crippen molar-refractivity contribution in [3.63, 3.8) is 0 Å². The summed E-state index contributed by atoms with van der Waals surface area (Å²) in [7, 11) is -6.85. The normalized spacial score (nSPS) is 11.9. The average Bonchev–Trinajstić information content (AvgIpc) is 3.22. The van der Waals surface area contributed by atoms with Gasteiger partial charge in [0.25, 0.3) is 0 Å². The van der Waals surface area contributed by atoms with Crippen LogP contribution in [0, 0.1) is 0 Å². The summed E-state index contributed by atoms with van der Waals surface area (Å²) >= 11 is 5.76. The molecule has 0 aliphatic rings. The van der Waals surface area contributed by atoms with Gasteiger partial charge in [-0.2, -0.15) is 0 Å². The molecule has 0 saturated carbocycles. The van der Waals surface area contributed by atoms with Crippen LogP contribution in [0.1, 0.15) is 19.8 Å². The molecule has 1 aromatic heterocycles. The van der Waals surface area contributed by atoms with E-state index < -0.39 is 25.6 Å². The number of nitrogens with zero attached hydrogens (tertiary/aromatic N) is 2. The second-order valence-corrected chi connectivity index (χ2v) is 11.6. The number of aromatic nitrogens is 2. The summed E-state index contributed by atoms with van der Waals surface area (Å²) in [6.07, 6.45) is 0.0409. The molecule has 0 bridgehead atoms. The Bertz CT molecular complexity index is 1300. The highest BCUT2D eigenvalue weighted by molar-refractivity contribution is 7.91. The van der Waals surface area contributed by atoms with E-state index >= 15 is 0 Å². The van der Waals surface area contributed by atoms with Crippen LogP contribution in [0.15, 0.2) is 62.7 Å². The van der Waals surface area contributed by atoms with Crippen molar-refractivity contribution in [2.45, 2.75) is 29.6 Å². The molecule has 32 heavy (non-hydrogen) atoms. The minimum atomic E-state index is -3.53. The molecule has 0 aliphatic carbocycles. The number of carbonyl (C=O) groups is 1. The van der Waals surface area contributed by atoms with Crippen molar-refractivity contribution in [2.75, 3.05) is 16.8 Å². The topological polar surface area (TPSA) is 136 Å². The Labute approximate surface area is 190 Å². The summed E-state index contributed by atoms with van der Waals surface area (Å²) in [5, 5.41) is 10.4. The first-order valence-corrected chi connectivity index (χ1v) is 13.2. The smallest absolute Gasteiger partial charge is 0.322 e. The van der Waals surface area contributed by atoms with Crippen molar-refractivity contribution in [1.82, 2.24) is 10.2 Å². The van der Waals surface area contributed by atoms with Gasteiger partial charge in [0.2, 0.25) is 11.8 Å². The van der Waals surface area contributed by atoms with Crippen LogP contribution in [-0.4, -0.2) is 44.4 Å². The van der Waals surface area contributed by atoms with Crippen LogP contribution in [0.25, 0.3) is 11.5 Å². The monoisotopic (exact) mass is 497 g/mol. The molecule has 0 unspecified atom stereocenters. The van der Waals surface area contributed by atoms with Crippen molar-refractivity contribution in [3.8, 4) is 11.5 Å². The van der Waals surface area contributed by atoms with E-state index in [4.69, 9.17) is 16.0 Å². The summed E-state index contributed by atoms with van der Waals surface area (Å²) < 4.78 is 53.7. The number of carbonyl (C=O) groups excluding carboxylic acids is 1. The van der Waals surface area contributed by atoms with Gasteiger partial charge >= 0.3 is 6.01 Å². The predicted molar refractivity (Wildman–Crippen MR) is 119 cm³/mol. The molecule has 1 amide bonds. The zero-order valence-corrected chi connectivity index (χ0v) is 19.4. The summed E-state index contributed by atoms with van der Waals surface area (Å²) in [5.41, 5.74) is 0.488. The third kappa shape index (κ3) is 5.93. The van der Waals surface area contributed by atoms with Gasteiger partial charge in [0.1, 0.15) is 0 Å². The molecule has 12 heteroatoms. The van der Waals surface area contributed by atoms with E-state index in [9.17, 15) is 21.6 Å². The van der Waals surface area contributed by atoms with Crippen LogP contribution < -0.4 is 5.32 Å². The third-order valence-corrected chi connectivity index (χ3v) is 8.32. The SMILES string of the molecule is CCS(=O)(=O)c1ccc(-c2nnc(NC(=O)CCCS(=O)(=O)c3ccc(Cl)cc3)o2)cc1. The van der Waals surface area contributed by atoms with Gasteiger partial charge in [-0.15, -0.1) is 5.10 Å². The van der Waals surface area contributed by atoms with E-state index in [1.807, 2.05) is 0 Å². The van der Waals surface area contributed by atoms with Gasteiger partial charge < -0.3 is 4.42 Å². The number of sulfone groups is 2. The molecule has 0 aliphatic heterocycles. The first-order chi connectivity index (χ1) is 15.1. The largest absolute Gasteiger partial charge is 0.403 e. The number of rotatable bonds is 9. The van der Waals surface area contributed by atoms with Gasteiger partial charge in [-0.25, -0.2) is 16.8 Å². The van der Waals surface area contributed by atoms with Crippen LogP contribution in [0.5, 0.6) is 0 Å². The quantitative estimate of drug-likeness (QED) is 0.475. The fraction of sp³-hybridized carbons (Fsp3) is 0.250. The summed E-state index contributed by atoms with van der Waals surface area (Å²) in [6, 6.07) is 11.6. The molecule has 0 spiro atoms. The zero-order valence-electron chi connectivity index (χ0n) is 17.0.